The van der Waals surface area contributed by atoms with Gasteiger partial charge >= 0.3 is 0 Å². The van der Waals surface area contributed by atoms with Crippen LogP contribution in [-0.2, 0) is 10.8 Å². The summed E-state index contributed by atoms with van der Waals surface area (Å²) in [6.45, 7) is 13.8. The number of hydrogen-bond acceptors (Lipinski definition) is 6. The molecular weight excluding hydrogens is 445 g/mol. The first-order chi connectivity index (χ1) is 14.2. The first-order valence-electron chi connectivity index (χ1n) is 10.2. The molecule has 0 spiro atoms. The van der Waals surface area contributed by atoms with Crippen LogP contribution in [-0.4, -0.2) is 9.97 Å². The average Bonchev–Trinajstić information content (AvgIpc) is 3.41. The summed E-state index contributed by atoms with van der Waals surface area (Å²) in [5.41, 5.74) is 8.81. The summed E-state index contributed by atoms with van der Waals surface area (Å²) in [4.78, 5) is 14.9. The lowest BCUT2D eigenvalue weighted by Crippen LogP contribution is -2.17. The van der Waals surface area contributed by atoms with Gasteiger partial charge in [0, 0.05) is 31.7 Å². The third-order valence-corrected chi connectivity index (χ3v) is 11.4. The van der Waals surface area contributed by atoms with Crippen molar-refractivity contribution in [1.29, 1.82) is 0 Å². The van der Waals surface area contributed by atoms with Crippen molar-refractivity contribution in [2.24, 2.45) is 0 Å². The molecular formula is C24H20N2S4. The van der Waals surface area contributed by atoms with Gasteiger partial charge in [-0.25, -0.2) is 9.97 Å². The Balaban J connectivity index is 1.55. The number of aryl methyl sites for hydroxylation is 2. The van der Waals surface area contributed by atoms with E-state index in [2.05, 4.69) is 53.7 Å². The molecule has 0 radical (unpaired) electrons. The Bertz CT molecular complexity index is 1450. The van der Waals surface area contributed by atoms with Crippen molar-refractivity contribution in [1.82, 2.24) is 9.97 Å². The topological polar surface area (TPSA) is 25.8 Å². The van der Waals surface area contributed by atoms with Crippen LogP contribution in [0.2, 0.25) is 0 Å². The predicted octanol–water partition coefficient (Wildman–Crippen LogP) is 8.26. The average molecular weight is 465 g/mol. The monoisotopic (exact) mass is 464 g/mol. The van der Waals surface area contributed by atoms with Crippen molar-refractivity contribution < 1.29 is 0 Å². The van der Waals surface area contributed by atoms with Crippen molar-refractivity contribution in [3.8, 4) is 20.9 Å². The lowest BCUT2D eigenvalue weighted by molar-refractivity contribution is 0.659. The molecule has 0 atom stereocenters. The van der Waals surface area contributed by atoms with E-state index in [9.17, 15) is 0 Å². The van der Waals surface area contributed by atoms with Crippen molar-refractivity contribution in [3.63, 3.8) is 0 Å². The molecule has 0 unspecified atom stereocenters. The highest BCUT2D eigenvalue weighted by molar-refractivity contribution is 7.30. The van der Waals surface area contributed by atoms with Crippen LogP contribution in [0.25, 0.3) is 39.9 Å². The molecule has 0 aliphatic heterocycles. The molecule has 0 saturated carbocycles. The zero-order valence-electron chi connectivity index (χ0n) is 17.7. The van der Waals surface area contributed by atoms with Crippen LogP contribution in [0, 0.1) is 13.8 Å². The first kappa shape index (κ1) is 18.0. The molecule has 0 saturated heterocycles. The van der Waals surface area contributed by atoms with Gasteiger partial charge in [-0.2, -0.15) is 0 Å². The maximum absolute atomic E-state index is 4.81. The van der Waals surface area contributed by atoms with E-state index in [1.165, 1.54) is 72.2 Å². The normalized spacial score (nSPS) is 17.5. The summed E-state index contributed by atoms with van der Waals surface area (Å²) in [5.74, 6) is 0. The van der Waals surface area contributed by atoms with E-state index >= 15 is 0 Å². The number of thiazole rings is 2. The summed E-state index contributed by atoms with van der Waals surface area (Å²) < 4.78 is 2.79. The minimum absolute atomic E-state index is 0.00724. The zero-order chi connectivity index (χ0) is 20.7. The molecule has 6 heteroatoms. The number of thiophene rings is 2. The molecule has 1 aromatic carbocycles. The van der Waals surface area contributed by atoms with Gasteiger partial charge in [0.1, 0.15) is 9.66 Å². The van der Waals surface area contributed by atoms with E-state index in [1.807, 2.05) is 45.3 Å². The maximum Gasteiger partial charge on any atom is 0.135 e. The lowest BCUT2D eigenvalue weighted by Gasteiger charge is -2.24. The second-order valence-electron chi connectivity index (χ2n) is 9.54. The van der Waals surface area contributed by atoms with Gasteiger partial charge in [0.2, 0.25) is 0 Å². The molecule has 4 aromatic heterocycles. The summed E-state index contributed by atoms with van der Waals surface area (Å²) in [6.07, 6.45) is 0. The van der Waals surface area contributed by atoms with E-state index in [0.717, 1.165) is 0 Å². The van der Waals surface area contributed by atoms with Gasteiger partial charge in [-0.05, 0) is 48.2 Å². The third kappa shape index (κ3) is 1.91. The lowest BCUT2D eigenvalue weighted by atomic mass is 9.79. The summed E-state index contributed by atoms with van der Waals surface area (Å²) >= 11 is 7.47. The fraction of sp³-hybridized carbons (Fsp3) is 0.333. The smallest absolute Gasteiger partial charge is 0.135 e. The molecule has 5 aromatic rings. The Morgan fingerprint density at radius 1 is 0.633 bits per heavy atom. The van der Waals surface area contributed by atoms with Crippen molar-refractivity contribution in [3.05, 3.63) is 44.4 Å². The number of rotatable bonds is 0. The molecule has 150 valence electrons. The van der Waals surface area contributed by atoms with E-state index in [4.69, 9.17) is 9.97 Å². The fourth-order valence-electron chi connectivity index (χ4n) is 5.57. The Hall–Kier alpha value is -1.60. The largest absolute Gasteiger partial charge is 0.231 e. The molecule has 2 aliphatic rings. The highest BCUT2D eigenvalue weighted by Gasteiger charge is 2.45. The molecule has 0 amide bonds. The maximum atomic E-state index is 4.81. The van der Waals surface area contributed by atoms with Crippen LogP contribution in [0.3, 0.4) is 0 Å². The van der Waals surface area contributed by atoms with Crippen LogP contribution in [0.4, 0.5) is 0 Å². The van der Waals surface area contributed by atoms with Crippen LogP contribution >= 0.6 is 45.3 Å². The molecule has 2 nitrogen and oxygen atoms in total. The number of fused-ring (bicyclic) bond motifs is 10. The first-order valence-corrected chi connectivity index (χ1v) is 13.4. The Morgan fingerprint density at radius 3 is 1.43 bits per heavy atom. The highest BCUT2D eigenvalue weighted by Crippen LogP contribution is 2.62. The Morgan fingerprint density at radius 2 is 1.03 bits per heavy atom. The minimum atomic E-state index is 0.00724. The van der Waals surface area contributed by atoms with Gasteiger partial charge in [0.05, 0.1) is 19.4 Å². The third-order valence-electron chi connectivity index (χ3n) is 6.96. The molecule has 30 heavy (non-hydrogen) atoms. The van der Waals surface area contributed by atoms with Gasteiger partial charge in [0.25, 0.3) is 0 Å². The van der Waals surface area contributed by atoms with E-state index in [-0.39, 0.29) is 10.8 Å². The second kappa shape index (κ2) is 5.23. The molecule has 2 aliphatic carbocycles. The molecule has 0 N–H and O–H groups in total. The quantitative estimate of drug-likeness (QED) is 0.230. The van der Waals surface area contributed by atoms with E-state index in [1.54, 1.807) is 0 Å². The standard InChI is InChI=1S/C24H20N2S4/c1-9-25-21-19(27-9)15-17(29-21)11-7-14-12(8-13(11)23(15,3)4)18-16(24(14,5)6)20-22(30-18)26-10(2)28-20/h7-8H,1-6H3. The van der Waals surface area contributed by atoms with Crippen molar-refractivity contribution in [2.75, 3.05) is 0 Å². The highest BCUT2D eigenvalue weighted by atomic mass is 32.1. The van der Waals surface area contributed by atoms with Gasteiger partial charge in [-0.15, -0.1) is 45.3 Å². The SMILES string of the molecule is Cc1nc2sc3c(c2s1)C(C)(C)c1cc2c(cc1-3)C(C)(C)c1c-2sc2nc(C)sc12. The molecule has 0 fully saturated rings. The summed E-state index contributed by atoms with van der Waals surface area (Å²) in [7, 11) is 0. The zero-order valence-corrected chi connectivity index (χ0v) is 20.9. The number of benzene rings is 1. The second-order valence-corrected chi connectivity index (χ2v) is 13.9. The fourth-order valence-corrected chi connectivity index (χ4v) is 11.0. The van der Waals surface area contributed by atoms with E-state index < -0.39 is 0 Å². The number of nitrogens with zero attached hydrogens (tertiary/aromatic N) is 2. The van der Waals surface area contributed by atoms with Gasteiger partial charge < -0.3 is 0 Å². The van der Waals surface area contributed by atoms with Crippen molar-refractivity contribution in [2.45, 2.75) is 52.4 Å². The van der Waals surface area contributed by atoms with Crippen LogP contribution < -0.4 is 0 Å². The van der Waals surface area contributed by atoms with Crippen LogP contribution in [0.5, 0.6) is 0 Å². The van der Waals surface area contributed by atoms with Crippen LogP contribution in [0.1, 0.15) is 60.0 Å². The summed E-state index contributed by atoms with van der Waals surface area (Å²) in [5, 5.41) is 2.33. The van der Waals surface area contributed by atoms with E-state index in [0.29, 0.717) is 0 Å². The van der Waals surface area contributed by atoms with Crippen LogP contribution in [0.15, 0.2) is 12.1 Å². The predicted molar refractivity (Wildman–Crippen MR) is 133 cm³/mol. The minimum Gasteiger partial charge on any atom is -0.231 e. The van der Waals surface area contributed by atoms with Gasteiger partial charge in [-0.3, -0.25) is 0 Å². The Kier molecular flexibility index (Phi) is 3.14. The molecule has 0 bridgehead atoms. The molecule has 4 heterocycles. The van der Waals surface area contributed by atoms with Crippen molar-refractivity contribution >= 4 is 64.4 Å². The number of hydrogen-bond donors (Lipinski definition) is 0. The van der Waals surface area contributed by atoms with Gasteiger partial charge in [-0.1, -0.05) is 27.7 Å². The number of aromatic nitrogens is 2. The van der Waals surface area contributed by atoms with Gasteiger partial charge in [0.15, 0.2) is 0 Å². The summed E-state index contributed by atoms with van der Waals surface area (Å²) in [6, 6.07) is 5.02. The molecule has 7 rings (SSSR count). The Labute approximate surface area is 191 Å².